The Hall–Kier alpha value is -2.86. The maximum absolute atomic E-state index is 10.6. The van der Waals surface area contributed by atoms with E-state index in [1.165, 1.54) is 5.56 Å². The van der Waals surface area contributed by atoms with Crippen molar-refractivity contribution in [2.24, 2.45) is 0 Å². The number of benzene rings is 3. The summed E-state index contributed by atoms with van der Waals surface area (Å²) < 4.78 is 6.15. The van der Waals surface area contributed by atoms with E-state index in [1.54, 1.807) is 0 Å². The van der Waals surface area contributed by atoms with Crippen LogP contribution in [0.15, 0.2) is 84.9 Å². The molecule has 32 heavy (non-hydrogen) atoms. The van der Waals surface area contributed by atoms with E-state index < -0.39 is 0 Å². The average Bonchev–Trinajstić information content (AvgIpc) is 2.81. The lowest BCUT2D eigenvalue weighted by Crippen LogP contribution is -2.49. The molecule has 0 spiro atoms. The van der Waals surface area contributed by atoms with Crippen molar-refractivity contribution in [1.82, 2.24) is 9.80 Å². The highest BCUT2D eigenvalue weighted by atomic mass is 16.5. The SMILES string of the molecule is CN(Cc1ccccc1)CC(O)CN1CCN(c2ccccc2Oc2ccccc2)CC1. The third-order valence-corrected chi connectivity index (χ3v) is 5.84. The molecule has 0 aliphatic carbocycles. The maximum Gasteiger partial charge on any atom is 0.150 e. The first-order valence-corrected chi connectivity index (χ1v) is 11.4. The molecule has 1 fully saturated rings. The second kappa shape index (κ2) is 11.1. The number of piperazine rings is 1. The average molecular weight is 432 g/mol. The topological polar surface area (TPSA) is 39.2 Å². The van der Waals surface area contributed by atoms with Crippen LogP contribution in [-0.2, 0) is 6.54 Å². The van der Waals surface area contributed by atoms with E-state index in [0.29, 0.717) is 13.1 Å². The monoisotopic (exact) mass is 431 g/mol. The highest BCUT2D eigenvalue weighted by molar-refractivity contribution is 5.59. The maximum atomic E-state index is 10.6. The molecule has 5 nitrogen and oxygen atoms in total. The molecule has 4 rings (SSSR count). The number of para-hydroxylation sites is 3. The van der Waals surface area contributed by atoms with Crippen LogP contribution in [0.1, 0.15) is 5.56 Å². The predicted octanol–water partition coefficient (Wildman–Crippen LogP) is 4.09. The summed E-state index contributed by atoms with van der Waals surface area (Å²) in [5.41, 5.74) is 2.39. The number of anilines is 1. The number of aliphatic hydroxyl groups excluding tert-OH is 1. The van der Waals surface area contributed by atoms with Gasteiger partial charge in [-0.1, -0.05) is 60.7 Å². The summed E-state index contributed by atoms with van der Waals surface area (Å²) in [6, 6.07) is 28.5. The molecule has 1 heterocycles. The van der Waals surface area contributed by atoms with Gasteiger partial charge in [-0.25, -0.2) is 0 Å². The molecule has 168 valence electrons. The zero-order valence-electron chi connectivity index (χ0n) is 18.8. The summed E-state index contributed by atoms with van der Waals surface area (Å²) in [7, 11) is 2.07. The molecule has 3 aromatic rings. The number of nitrogens with zero attached hydrogens (tertiary/aromatic N) is 3. The minimum atomic E-state index is -0.357. The summed E-state index contributed by atoms with van der Waals surface area (Å²) in [5, 5.41) is 10.6. The van der Waals surface area contributed by atoms with E-state index in [4.69, 9.17) is 4.74 Å². The highest BCUT2D eigenvalue weighted by Crippen LogP contribution is 2.32. The number of rotatable bonds is 9. The Morgan fingerprint density at radius 1 is 0.844 bits per heavy atom. The van der Waals surface area contributed by atoms with Crippen LogP contribution in [0.5, 0.6) is 11.5 Å². The van der Waals surface area contributed by atoms with Gasteiger partial charge in [0, 0.05) is 45.8 Å². The Morgan fingerprint density at radius 3 is 2.19 bits per heavy atom. The molecular weight excluding hydrogens is 398 g/mol. The summed E-state index contributed by atoms with van der Waals surface area (Å²) in [6.07, 6.45) is -0.357. The van der Waals surface area contributed by atoms with Crippen LogP contribution in [0.4, 0.5) is 5.69 Å². The Bertz CT molecular complexity index is 943. The molecule has 1 saturated heterocycles. The number of likely N-dealkylation sites (N-methyl/N-ethyl adjacent to an activating group) is 1. The van der Waals surface area contributed by atoms with Gasteiger partial charge in [0.15, 0.2) is 5.75 Å². The molecule has 3 aromatic carbocycles. The Kier molecular flexibility index (Phi) is 7.77. The quantitative estimate of drug-likeness (QED) is 0.552. The summed E-state index contributed by atoms with van der Waals surface area (Å²) in [6.45, 7) is 5.92. The van der Waals surface area contributed by atoms with Crippen LogP contribution in [0, 0.1) is 0 Å². The standard InChI is InChI=1S/C27H33N3O2/c1-28(20-23-10-4-2-5-11-23)21-24(31)22-29-16-18-30(19-17-29)26-14-8-9-15-27(26)32-25-12-6-3-7-13-25/h2-15,24,31H,16-22H2,1H3. The van der Waals surface area contributed by atoms with E-state index in [9.17, 15) is 5.11 Å². The molecule has 1 aliphatic heterocycles. The van der Waals surface area contributed by atoms with Crippen molar-refractivity contribution >= 4 is 5.69 Å². The zero-order valence-corrected chi connectivity index (χ0v) is 18.8. The van der Waals surface area contributed by atoms with Crippen molar-refractivity contribution in [3.8, 4) is 11.5 Å². The van der Waals surface area contributed by atoms with Crippen LogP contribution in [-0.4, -0.2) is 67.3 Å². The molecular formula is C27H33N3O2. The molecule has 5 heteroatoms. The van der Waals surface area contributed by atoms with Gasteiger partial charge in [0.05, 0.1) is 11.8 Å². The molecule has 1 unspecified atom stereocenters. The number of β-amino-alcohol motifs (C(OH)–C–C–N with tert-alkyl or cyclic N) is 1. The van der Waals surface area contributed by atoms with Crippen molar-refractivity contribution in [2.45, 2.75) is 12.6 Å². The van der Waals surface area contributed by atoms with Gasteiger partial charge in [0.1, 0.15) is 5.75 Å². The second-order valence-electron chi connectivity index (χ2n) is 8.51. The normalized spacial score (nSPS) is 15.7. The van der Waals surface area contributed by atoms with Crippen LogP contribution in [0.2, 0.25) is 0 Å². The lowest BCUT2D eigenvalue weighted by molar-refractivity contribution is 0.0776. The molecule has 0 bridgehead atoms. The first kappa shape index (κ1) is 22.3. The van der Waals surface area contributed by atoms with Gasteiger partial charge < -0.3 is 14.7 Å². The van der Waals surface area contributed by atoms with Crippen LogP contribution >= 0.6 is 0 Å². The van der Waals surface area contributed by atoms with E-state index in [1.807, 2.05) is 48.5 Å². The Morgan fingerprint density at radius 2 is 1.47 bits per heavy atom. The van der Waals surface area contributed by atoms with Crippen LogP contribution in [0.25, 0.3) is 0 Å². The Labute approximate surface area is 191 Å². The fourth-order valence-electron chi connectivity index (χ4n) is 4.27. The lowest BCUT2D eigenvalue weighted by atomic mass is 10.2. The third-order valence-electron chi connectivity index (χ3n) is 5.84. The summed E-state index contributed by atoms with van der Waals surface area (Å²) >= 11 is 0. The number of ether oxygens (including phenoxy) is 1. The minimum absolute atomic E-state index is 0.357. The lowest BCUT2D eigenvalue weighted by Gasteiger charge is -2.37. The molecule has 0 amide bonds. The largest absolute Gasteiger partial charge is 0.455 e. The van der Waals surface area contributed by atoms with Gasteiger partial charge in [0.2, 0.25) is 0 Å². The molecule has 1 N–H and O–H groups in total. The third kappa shape index (κ3) is 6.33. The number of hydrogen-bond acceptors (Lipinski definition) is 5. The smallest absolute Gasteiger partial charge is 0.150 e. The molecule has 0 radical (unpaired) electrons. The molecule has 0 aromatic heterocycles. The van der Waals surface area contributed by atoms with Gasteiger partial charge in [-0.2, -0.15) is 0 Å². The predicted molar refractivity (Wildman–Crippen MR) is 130 cm³/mol. The summed E-state index contributed by atoms with van der Waals surface area (Å²) in [5.74, 6) is 1.73. The van der Waals surface area contributed by atoms with E-state index in [-0.39, 0.29) is 6.10 Å². The van der Waals surface area contributed by atoms with Crippen molar-refractivity contribution < 1.29 is 9.84 Å². The fourth-order valence-corrected chi connectivity index (χ4v) is 4.27. The van der Waals surface area contributed by atoms with Gasteiger partial charge >= 0.3 is 0 Å². The van der Waals surface area contributed by atoms with Gasteiger partial charge in [-0.15, -0.1) is 0 Å². The van der Waals surface area contributed by atoms with Crippen molar-refractivity contribution in [3.63, 3.8) is 0 Å². The fraction of sp³-hybridized carbons (Fsp3) is 0.333. The van der Waals surface area contributed by atoms with E-state index in [2.05, 4.69) is 58.1 Å². The van der Waals surface area contributed by atoms with Gasteiger partial charge in [-0.05, 0) is 36.9 Å². The van der Waals surface area contributed by atoms with Crippen LogP contribution in [0.3, 0.4) is 0 Å². The number of hydrogen-bond donors (Lipinski definition) is 1. The van der Waals surface area contributed by atoms with E-state index >= 15 is 0 Å². The second-order valence-corrected chi connectivity index (χ2v) is 8.51. The van der Waals surface area contributed by atoms with Crippen molar-refractivity contribution in [2.75, 3.05) is 51.2 Å². The zero-order chi connectivity index (χ0) is 22.2. The first-order valence-electron chi connectivity index (χ1n) is 11.4. The van der Waals surface area contributed by atoms with Crippen molar-refractivity contribution in [1.29, 1.82) is 0 Å². The number of aliphatic hydroxyl groups is 1. The van der Waals surface area contributed by atoms with Crippen molar-refractivity contribution in [3.05, 3.63) is 90.5 Å². The van der Waals surface area contributed by atoms with Crippen LogP contribution < -0.4 is 9.64 Å². The van der Waals surface area contributed by atoms with Gasteiger partial charge in [0.25, 0.3) is 0 Å². The summed E-state index contributed by atoms with van der Waals surface area (Å²) in [4.78, 5) is 6.92. The Balaban J connectivity index is 1.26. The first-order chi connectivity index (χ1) is 15.7. The van der Waals surface area contributed by atoms with E-state index in [0.717, 1.165) is 49.9 Å². The molecule has 1 atom stereocenters. The minimum Gasteiger partial charge on any atom is -0.455 e. The molecule has 1 aliphatic rings. The highest BCUT2D eigenvalue weighted by Gasteiger charge is 2.22. The van der Waals surface area contributed by atoms with Gasteiger partial charge in [-0.3, -0.25) is 9.80 Å². The molecule has 0 saturated carbocycles.